The molecule has 0 aliphatic rings. The molecule has 0 fully saturated rings. The van der Waals surface area contributed by atoms with Crippen LogP contribution < -0.4 is 15.4 Å². The maximum Gasteiger partial charge on any atom is 0.243 e. The number of hydrogen-bond acceptors (Lipinski definition) is 3. The minimum absolute atomic E-state index is 0.139. The standard InChI is InChI=1S/C18H17F3N2O3/c19-13-8-9-14(18(21)17(13)20)23-16(25)11-22-15(24)7-4-10-26-12-5-2-1-3-6-12/h1-3,5-6,8-9H,4,7,10-11H2,(H,22,24)(H,23,25). The molecule has 0 bridgehead atoms. The van der Waals surface area contributed by atoms with Crippen LogP contribution in [-0.2, 0) is 9.59 Å². The Balaban J connectivity index is 1.67. The van der Waals surface area contributed by atoms with E-state index in [9.17, 15) is 22.8 Å². The zero-order valence-electron chi connectivity index (χ0n) is 13.7. The van der Waals surface area contributed by atoms with Crippen LogP contribution in [0.2, 0.25) is 0 Å². The predicted molar refractivity (Wildman–Crippen MR) is 89.1 cm³/mol. The smallest absolute Gasteiger partial charge is 0.243 e. The highest BCUT2D eigenvalue weighted by molar-refractivity contribution is 5.94. The number of carbonyl (C=O) groups is 2. The number of hydrogen-bond donors (Lipinski definition) is 2. The Hall–Kier alpha value is -3.03. The van der Waals surface area contributed by atoms with Crippen LogP contribution in [0.15, 0.2) is 42.5 Å². The molecule has 5 nitrogen and oxygen atoms in total. The van der Waals surface area contributed by atoms with Crippen LogP contribution in [0.5, 0.6) is 5.75 Å². The Bertz CT molecular complexity index is 770. The van der Waals surface area contributed by atoms with Crippen LogP contribution in [0.1, 0.15) is 12.8 Å². The van der Waals surface area contributed by atoms with Crippen molar-refractivity contribution in [3.8, 4) is 5.75 Å². The van der Waals surface area contributed by atoms with Crippen molar-refractivity contribution < 1.29 is 27.5 Å². The Kier molecular flexibility index (Phi) is 7.02. The first-order chi connectivity index (χ1) is 12.5. The fourth-order valence-electron chi connectivity index (χ4n) is 2.02. The van der Waals surface area contributed by atoms with Gasteiger partial charge in [-0.1, -0.05) is 18.2 Å². The molecule has 0 unspecified atom stereocenters. The molecule has 0 aromatic heterocycles. The quantitative estimate of drug-likeness (QED) is 0.558. The van der Waals surface area contributed by atoms with Crippen LogP contribution in [0.25, 0.3) is 0 Å². The highest BCUT2D eigenvalue weighted by Gasteiger charge is 2.15. The van der Waals surface area contributed by atoms with Crippen LogP contribution >= 0.6 is 0 Å². The van der Waals surface area contributed by atoms with Gasteiger partial charge in [-0.2, -0.15) is 0 Å². The Morgan fingerprint density at radius 1 is 0.923 bits per heavy atom. The third kappa shape index (κ3) is 5.80. The molecule has 2 aromatic rings. The van der Waals surface area contributed by atoms with Gasteiger partial charge in [0, 0.05) is 6.42 Å². The average molecular weight is 366 g/mol. The summed E-state index contributed by atoms with van der Waals surface area (Å²) in [5.41, 5.74) is -0.501. The fraction of sp³-hybridized carbons (Fsp3) is 0.222. The first kappa shape index (κ1) is 19.3. The second-order valence-electron chi connectivity index (χ2n) is 5.31. The lowest BCUT2D eigenvalue weighted by atomic mass is 10.2. The van der Waals surface area contributed by atoms with Gasteiger partial charge >= 0.3 is 0 Å². The number of benzene rings is 2. The van der Waals surface area contributed by atoms with E-state index in [0.29, 0.717) is 24.8 Å². The van der Waals surface area contributed by atoms with Gasteiger partial charge < -0.3 is 15.4 Å². The normalized spacial score (nSPS) is 10.3. The second kappa shape index (κ2) is 9.45. The van der Waals surface area contributed by atoms with E-state index in [0.717, 1.165) is 6.07 Å². The van der Waals surface area contributed by atoms with Crippen LogP contribution in [0.4, 0.5) is 18.9 Å². The van der Waals surface area contributed by atoms with E-state index >= 15 is 0 Å². The van der Waals surface area contributed by atoms with Crippen LogP contribution in [0, 0.1) is 17.5 Å². The summed E-state index contributed by atoms with van der Waals surface area (Å²) >= 11 is 0. The molecule has 2 N–H and O–H groups in total. The van der Waals surface area contributed by atoms with E-state index < -0.39 is 35.6 Å². The van der Waals surface area contributed by atoms with Gasteiger partial charge in [0.25, 0.3) is 0 Å². The summed E-state index contributed by atoms with van der Waals surface area (Å²) in [6, 6.07) is 10.7. The largest absolute Gasteiger partial charge is 0.494 e. The van der Waals surface area contributed by atoms with Crippen molar-refractivity contribution in [2.45, 2.75) is 12.8 Å². The van der Waals surface area contributed by atoms with Crippen molar-refractivity contribution >= 4 is 17.5 Å². The zero-order valence-corrected chi connectivity index (χ0v) is 13.7. The van der Waals surface area contributed by atoms with Gasteiger partial charge in [0.2, 0.25) is 11.8 Å². The molecule has 0 spiro atoms. The first-order valence-electron chi connectivity index (χ1n) is 7.85. The van der Waals surface area contributed by atoms with Gasteiger partial charge in [-0.25, -0.2) is 13.2 Å². The van der Waals surface area contributed by atoms with Crippen molar-refractivity contribution in [1.82, 2.24) is 5.32 Å². The number of halogens is 3. The van der Waals surface area contributed by atoms with Gasteiger partial charge in [0.05, 0.1) is 18.8 Å². The van der Waals surface area contributed by atoms with E-state index in [-0.39, 0.29) is 12.3 Å². The second-order valence-corrected chi connectivity index (χ2v) is 5.31. The highest BCUT2D eigenvalue weighted by atomic mass is 19.2. The lowest BCUT2D eigenvalue weighted by Crippen LogP contribution is -2.33. The number of rotatable bonds is 8. The maximum absolute atomic E-state index is 13.4. The molecule has 0 saturated carbocycles. The van der Waals surface area contributed by atoms with E-state index in [4.69, 9.17) is 4.74 Å². The van der Waals surface area contributed by atoms with Crippen LogP contribution in [0.3, 0.4) is 0 Å². The minimum Gasteiger partial charge on any atom is -0.494 e. The van der Waals surface area contributed by atoms with Gasteiger partial charge in [-0.3, -0.25) is 9.59 Å². The molecule has 0 aliphatic heterocycles. The SMILES string of the molecule is O=C(CCCOc1ccccc1)NCC(=O)Nc1ccc(F)c(F)c1F. The Morgan fingerprint density at radius 3 is 2.38 bits per heavy atom. The molecule has 2 amide bonds. The molecule has 138 valence electrons. The summed E-state index contributed by atoms with van der Waals surface area (Å²) < 4.78 is 44.7. The molecule has 0 atom stereocenters. The van der Waals surface area contributed by atoms with Crippen molar-refractivity contribution in [3.05, 3.63) is 59.9 Å². The number of para-hydroxylation sites is 1. The maximum atomic E-state index is 13.4. The summed E-state index contributed by atoms with van der Waals surface area (Å²) in [6.07, 6.45) is 0.583. The Labute approximate surface area is 148 Å². The zero-order chi connectivity index (χ0) is 18.9. The van der Waals surface area contributed by atoms with E-state index in [1.54, 1.807) is 12.1 Å². The molecule has 2 aromatic carbocycles. The molecule has 0 heterocycles. The third-order valence-corrected chi connectivity index (χ3v) is 3.32. The number of nitrogens with one attached hydrogen (secondary N) is 2. The Morgan fingerprint density at radius 2 is 1.65 bits per heavy atom. The summed E-state index contributed by atoms with van der Waals surface area (Å²) in [4.78, 5) is 23.3. The van der Waals surface area contributed by atoms with Crippen molar-refractivity contribution in [3.63, 3.8) is 0 Å². The summed E-state index contributed by atoms with van der Waals surface area (Å²) in [5.74, 6) is -4.98. The monoisotopic (exact) mass is 366 g/mol. The molecule has 0 saturated heterocycles. The summed E-state index contributed by atoms with van der Waals surface area (Å²) in [6.45, 7) is -0.0828. The van der Waals surface area contributed by atoms with Gasteiger partial charge in [0.15, 0.2) is 17.5 Å². The molecule has 0 aliphatic carbocycles. The third-order valence-electron chi connectivity index (χ3n) is 3.32. The molecular weight excluding hydrogens is 349 g/mol. The first-order valence-corrected chi connectivity index (χ1v) is 7.85. The van der Waals surface area contributed by atoms with Crippen LogP contribution in [-0.4, -0.2) is 25.0 Å². The minimum atomic E-state index is -1.68. The lowest BCUT2D eigenvalue weighted by molar-refractivity contribution is -0.124. The summed E-state index contributed by atoms with van der Waals surface area (Å²) in [5, 5.41) is 4.41. The fourth-order valence-corrected chi connectivity index (χ4v) is 2.02. The van der Waals surface area contributed by atoms with Gasteiger partial charge in [-0.15, -0.1) is 0 Å². The van der Waals surface area contributed by atoms with Crippen molar-refractivity contribution in [2.24, 2.45) is 0 Å². The highest BCUT2D eigenvalue weighted by Crippen LogP contribution is 2.19. The molecule has 2 rings (SSSR count). The topological polar surface area (TPSA) is 67.4 Å². The van der Waals surface area contributed by atoms with E-state index in [1.165, 1.54) is 0 Å². The molecule has 0 radical (unpaired) electrons. The van der Waals surface area contributed by atoms with Crippen molar-refractivity contribution in [1.29, 1.82) is 0 Å². The number of amides is 2. The number of anilines is 1. The van der Waals surface area contributed by atoms with E-state index in [1.807, 2.05) is 18.2 Å². The van der Waals surface area contributed by atoms with Gasteiger partial charge in [0.1, 0.15) is 5.75 Å². The molecule has 8 heteroatoms. The van der Waals surface area contributed by atoms with E-state index in [2.05, 4.69) is 10.6 Å². The van der Waals surface area contributed by atoms with Gasteiger partial charge in [-0.05, 0) is 30.7 Å². The number of ether oxygens (including phenoxy) is 1. The predicted octanol–water partition coefficient (Wildman–Crippen LogP) is 3.02. The number of carbonyl (C=O) groups excluding carboxylic acids is 2. The lowest BCUT2D eigenvalue weighted by Gasteiger charge is -2.09. The average Bonchev–Trinajstić information content (AvgIpc) is 2.65. The van der Waals surface area contributed by atoms with Crippen molar-refractivity contribution in [2.75, 3.05) is 18.5 Å². The molecule has 26 heavy (non-hydrogen) atoms. The molecular formula is C18H17F3N2O3. The summed E-state index contributed by atoms with van der Waals surface area (Å²) in [7, 11) is 0.